The Morgan fingerprint density at radius 3 is 2.60 bits per heavy atom. The van der Waals surface area contributed by atoms with Gasteiger partial charge in [0.05, 0.1) is 30.0 Å². The Labute approximate surface area is 144 Å². The first-order chi connectivity index (χ1) is 12.0. The Hall–Kier alpha value is -3.34. The maximum absolute atomic E-state index is 14.3. The monoisotopic (exact) mass is 337 g/mol. The second kappa shape index (κ2) is 6.65. The van der Waals surface area contributed by atoms with Crippen molar-refractivity contribution in [2.24, 2.45) is 0 Å². The highest BCUT2D eigenvalue weighted by molar-refractivity contribution is 5.59. The lowest BCUT2D eigenvalue weighted by Gasteiger charge is -2.14. The molecule has 0 spiro atoms. The summed E-state index contributed by atoms with van der Waals surface area (Å²) in [5.74, 6) is 0.496. The number of halogens is 1. The highest BCUT2D eigenvalue weighted by Crippen LogP contribution is 2.26. The lowest BCUT2D eigenvalue weighted by atomic mass is 10.2. The number of rotatable bonds is 4. The third kappa shape index (κ3) is 3.30. The molecule has 0 aliphatic rings. The molecule has 126 valence electrons. The van der Waals surface area contributed by atoms with Gasteiger partial charge >= 0.3 is 0 Å². The molecule has 0 aliphatic heterocycles. The standard InChI is InChI=1S/C17H16FN7/c1-10(2)25-11(3)20-9-15(25)16-14(18)8-22-17(24-16)23-13-5-4-12(6-19)21-7-13/h4-5,7-10H,1-3H3,(H,22,23,24). The van der Waals surface area contributed by atoms with Gasteiger partial charge in [-0.2, -0.15) is 5.26 Å². The van der Waals surface area contributed by atoms with Crippen molar-refractivity contribution in [3.8, 4) is 17.5 Å². The van der Waals surface area contributed by atoms with Gasteiger partial charge in [0, 0.05) is 6.04 Å². The van der Waals surface area contributed by atoms with E-state index in [1.165, 1.54) is 6.20 Å². The van der Waals surface area contributed by atoms with Crippen LogP contribution in [0.25, 0.3) is 11.4 Å². The second-order valence-electron chi connectivity index (χ2n) is 5.71. The lowest BCUT2D eigenvalue weighted by molar-refractivity contribution is 0.578. The fourth-order valence-electron chi connectivity index (χ4n) is 2.55. The summed E-state index contributed by atoms with van der Waals surface area (Å²) in [6, 6.07) is 5.32. The van der Waals surface area contributed by atoms with Gasteiger partial charge < -0.3 is 9.88 Å². The van der Waals surface area contributed by atoms with E-state index in [0.29, 0.717) is 17.1 Å². The molecule has 3 heterocycles. The van der Waals surface area contributed by atoms with Crippen LogP contribution in [0, 0.1) is 24.1 Å². The van der Waals surface area contributed by atoms with Crippen molar-refractivity contribution >= 4 is 11.6 Å². The molecule has 0 fully saturated rings. The summed E-state index contributed by atoms with van der Waals surface area (Å²) < 4.78 is 16.2. The van der Waals surface area contributed by atoms with Gasteiger partial charge in [-0.25, -0.2) is 24.3 Å². The maximum atomic E-state index is 14.3. The van der Waals surface area contributed by atoms with Gasteiger partial charge in [-0.1, -0.05) is 0 Å². The van der Waals surface area contributed by atoms with E-state index in [0.717, 1.165) is 12.0 Å². The molecule has 0 aromatic carbocycles. The van der Waals surface area contributed by atoms with E-state index in [1.54, 1.807) is 18.3 Å². The number of pyridine rings is 1. The van der Waals surface area contributed by atoms with Gasteiger partial charge in [0.25, 0.3) is 0 Å². The molecule has 0 saturated carbocycles. The molecular weight excluding hydrogens is 321 g/mol. The minimum Gasteiger partial charge on any atom is -0.324 e. The number of nitrogens with one attached hydrogen (secondary N) is 1. The normalized spacial score (nSPS) is 10.7. The molecule has 3 aromatic rings. The molecule has 0 saturated heterocycles. The Morgan fingerprint density at radius 1 is 1.16 bits per heavy atom. The van der Waals surface area contributed by atoms with Crippen LogP contribution in [0.15, 0.2) is 30.7 Å². The third-order valence-electron chi connectivity index (χ3n) is 3.62. The number of anilines is 2. The van der Waals surface area contributed by atoms with Crippen LogP contribution >= 0.6 is 0 Å². The smallest absolute Gasteiger partial charge is 0.228 e. The molecule has 0 atom stereocenters. The summed E-state index contributed by atoms with van der Waals surface area (Å²) in [6.45, 7) is 5.86. The van der Waals surface area contributed by atoms with Crippen molar-refractivity contribution in [2.75, 3.05) is 5.32 Å². The summed E-state index contributed by atoms with van der Waals surface area (Å²) in [6.07, 6.45) is 4.22. The third-order valence-corrected chi connectivity index (χ3v) is 3.62. The molecule has 3 aromatic heterocycles. The van der Waals surface area contributed by atoms with Crippen molar-refractivity contribution in [2.45, 2.75) is 26.8 Å². The Morgan fingerprint density at radius 2 is 1.96 bits per heavy atom. The highest BCUT2D eigenvalue weighted by Gasteiger charge is 2.17. The molecule has 8 heteroatoms. The van der Waals surface area contributed by atoms with Gasteiger partial charge in [0.2, 0.25) is 5.95 Å². The van der Waals surface area contributed by atoms with Crippen LogP contribution in [-0.4, -0.2) is 24.5 Å². The van der Waals surface area contributed by atoms with E-state index in [1.807, 2.05) is 31.4 Å². The summed E-state index contributed by atoms with van der Waals surface area (Å²) in [5.41, 5.74) is 1.68. The van der Waals surface area contributed by atoms with Crippen molar-refractivity contribution in [1.82, 2.24) is 24.5 Å². The topological polar surface area (TPSA) is 92.3 Å². The highest BCUT2D eigenvalue weighted by atomic mass is 19.1. The number of hydrogen-bond donors (Lipinski definition) is 1. The summed E-state index contributed by atoms with van der Waals surface area (Å²) in [5, 5.41) is 11.7. The zero-order chi connectivity index (χ0) is 18.0. The van der Waals surface area contributed by atoms with Crippen LogP contribution in [-0.2, 0) is 0 Å². The van der Waals surface area contributed by atoms with Gasteiger partial charge in [-0.15, -0.1) is 0 Å². The zero-order valence-electron chi connectivity index (χ0n) is 14.0. The number of nitrogens with zero attached hydrogens (tertiary/aromatic N) is 6. The maximum Gasteiger partial charge on any atom is 0.228 e. The van der Waals surface area contributed by atoms with E-state index in [9.17, 15) is 4.39 Å². The lowest BCUT2D eigenvalue weighted by Crippen LogP contribution is -2.08. The molecule has 0 bridgehead atoms. The minimum atomic E-state index is -0.523. The molecule has 7 nitrogen and oxygen atoms in total. The Balaban J connectivity index is 1.97. The first-order valence-electron chi connectivity index (χ1n) is 7.69. The van der Waals surface area contributed by atoms with Crippen LogP contribution in [0.3, 0.4) is 0 Å². The SMILES string of the molecule is Cc1ncc(-c2nc(Nc3ccc(C#N)nc3)ncc2F)n1C(C)C. The fourth-order valence-corrected chi connectivity index (χ4v) is 2.55. The van der Waals surface area contributed by atoms with Crippen molar-refractivity contribution < 1.29 is 4.39 Å². The molecule has 0 radical (unpaired) electrons. The zero-order valence-corrected chi connectivity index (χ0v) is 14.0. The molecule has 0 unspecified atom stereocenters. The average molecular weight is 337 g/mol. The van der Waals surface area contributed by atoms with E-state index in [2.05, 4.69) is 25.3 Å². The van der Waals surface area contributed by atoms with Crippen molar-refractivity contribution in [3.05, 3.63) is 48.1 Å². The molecule has 0 aliphatic carbocycles. The molecule has 1 N–H and O–H groups in total. The van der Waals surface area contributed by atoms with Crippen LogP contribution < -0.4 is 5.32 Å². The predicted molar refractivity (Wildman–Crippen MR) is 90.6 cm³/mol. The molecule has 25 heavy (non-hydrogen) atoms. The number of nitriles is 1. The van der Waals surface area contributed by atoms with E-state index in [4.69, 9.17) is 5.26 Å². The van der Waals surface area contributed by atoms with Crippen LogP contribution in [0.5, 0.6) is 0 Å². The summed E-state index contributed by atoms with van der Waals surface area (Å²) in [4.78, 5) is 16.5. The number of aryl methyl sites for hydroxylation is 1. The van der Waals surface area contributed by atoms with Crippen molar-refractivity contribution in [1.29, 1.82) is 5.26 Å². The predicted octanol–water partition coefficient (Wildman–Crippen LogP) is 3.38. The Kier molecular flexibility index (Phi) is 4.39. The van der Waals surface area contributed by atoms with Crippen molar-refractivity contribution in [3.63, 3.8) is 0 Å². The van der Waals surface area contributed by atoms with Gasteiger partial charge in [0.15, 0.2) is 5.82 Å². The molecular formula is C17H16FN7. The second-order valence-corrected chi connectivity index (χ2v) is 5.71. The quantitative estimate of drug-likeness (QED) is 0.784. The van der Waals surface area contributed by atoms with Crippen LogP contribution in [0.1, 0.15) is 31.4 Å². The largest absolute Gasteiger partial charge is 0.324 e. The molecule has 3 rings (SSSR count). The number of hydrogen-bond acceptors (Lipinski definition) is 6. The first kappa shape index (κ1) is 16.5. The fraction of sp³-hybridized carbons (Fsp3) is 0.235. The Bertz CT molecular complexity index is 939. The average Bonchev–Trinajstić information content (AvgIpc) is 2.99. The van der Waals surface area contributed by atoms with E-state index in [-0.39, 0.29) is 17.7 Å². The van der Waals surface area contributed by atoms with Crippen LogP contribution in [0.2, 0.25) is 0 Å². The number of imidazole rings is 1. The molecule has 0 amide bonds. The van der Waals surface area contributed by atoms with Gasteiger partial charge in [0.1, 0.15) is 23.3 Å². The van der Waals surface area contributed by atoms with E-state index >= 15 is 0 Å². The van der Waals surface area contributed by atoms with Gasteiger partial charge in [-0.3, -0.25) is 0 Å². The van der Waals surface area contributed by atoms with Crippen LogP contribution in [0.4, 0.5) is 16.0 Å². The van der Waals surface area contributed by atoms with E-state index < -0.39 is 5.82 Å². The first-order valence-corrected chi connectivity index (χ1v) is 7.69. The number of aromatic nitrogens is 5. The van der Waals surface area contributed by atoms with Gasteiger partial charge in [-0.05, 0) is 32.9 Å². The summed E-state index contributed by atoms with van der Waals surface area (Å²) in [7, 11) is 0. The summed E-state index contributed by atoms with van der Waals surface area (Å²) >= 11 is 0. The minimum absolute atomic E-state index is 0.117.